The normalized spacial score (nSPS) is 10.4. The van der Waals surface area contributed by atoms with Crippen LogP contribution in [0, 0.1) is 0 Å². The van der Waals surface area contributed by atoms with Crippen LogP contribution in [0.2, 0.25) is 0 Å². The highest BCUT2D eigenvalue weighted by molar-refractivity contribution is 5.49. The van der Waals surface area contributed by atoms with E-state index in [0.717, 1.165) is 24.3 Å². The second-order valence-electron chi connectivity index (χ2n) is 5.10. The van der Waals surface area contributed by atoms with E-state index >= 15 is 0 Å². The number of benzene rings is 1. The predicted molar refractivity (Wildman–Crippen MR) is 84.6 cm³/mol. The van der Waals surface area contributed by atoms with Crippen molar-refractivity contribution in [2.24, 2.45) is 0 Å². The van der Waals surface area contributed by atoms with E-state index in [1.54, 1.807) is 0 Å². The van der Waals surface area contributed by atoms with Crippen molar-refractivity contribution in [2.75, 3.05) is 6.61 Å². The molecule has 106 valence electrons. The number of hydrogen-bond acceptors (Lipinski definition) is 1. The van der Waals surface area contributed by atoms with Crippen LogP contribution in [0.15, 0.2) is 30.8 Å². The minimum atomic E-state index is 0.829. The molecule has 1 heteroatoms. The summed E-state index contributed by atoms with van der Waals surface area (Å²) in [5.74, 6) is 0.959. The molecule has 0 N–H and O–H groups in total. The molecule has 0 radical (unpaired) electrons. The van der Waals surface area contributed by atoms with E-state index < -0.39 is 0 Å². The SMILES string of the molecule is C=Cc1cccc(OCCCCCCCCCC)c1. The highest BCUT2D eigenvalue weighted by Crippen LogP contribution is 2.15. The summed E-state index contributed by atoms with van der Waals surface area (Å²) in [4.78, 5) is 0. The Labute approximate surface area is 118 Å². The van der Waals surface area contributed by atoms with Gasteiger partial charge in [0.15, 0.2) is 0 Å². The van der Waals surface area contributed by atoms with Gasteiger partial charge in [0.1, 0.15) is 5.75 Å². The first-order chi connectivity index (χ1) is 9.36. The Balaban J connectivity index is 1.99. The third-order valence-corrected chi connectivity index (χ3v) is 3.36. The fourth-order valence-electron chi connectivity index (χ4n) is 2.16. The molecule has 1 aromatic carbocycles. The van der Waals surface area contributed by atoms with Crippen molar-refractivity contribution in [2.45, 2.75) is 58.3 Å². The van der Waals surface area contributed by atoms with E-state index in [4.69, 9.17) is 4.74 Å². The Hall–Kier alpha value is -1.24. The number of unbranched alkanes of at least 4 members (excludes halogenated alkanes) is 7. The Kier molecular flexibility index (Phi) is 8.87. The van der Waals surface area contributed by atoms with Crippen LogP contribution in [0.1, 0.15) is 63.9 Å². The Morgan fingerprint density at radius 2 is 1.68 bits per heavy atom. The van der Waals surface area contributed by atoms with Gasteiger partial charge in [-0.3, -0.25) is 0 Å². The number of ether oxygens (including phenoxy) is 1. The first-order valence-corrected chi connectivity index (χ1v) is 7.72. The summed E-state index contributed by atoms with van der Waals surface area (Å²) in [5.41, 5.74) is 1.12. The second kappa shape index (κ2) is 10.7. The summed E-state index contributed by atoms with van der Waals surface area (Å²) in [5, 5.41) is 0. The molecule has 0 atom stereocenters. The Bertz CT molecular complexity index is 343. The molecule has 0 unspecified atom stereocenters. The monoisotopic (exact) mass is 260 g/mol. The van der Waals surface area contributed by atoms with Crippen LogP contribution in [0.3, 0.4) is 0 Å². The first-order valence-electron chi connectivity index (χ1n) is 7.72. The molecule has 1 nitrogen and oxygen atoms in total. The molecule has 0 spiro atoms. The molecule has 1 rings (SSSR count). The van der Waals surface area contributed by atoms with Gasteiger partial charge in [-0.25, -0.2) is 0 Å². The lowest BCUT2D eigenvalue weighted by atomic mass is 10.1. The number of hydrogen-bond donors (Lipinski definition) is 0. The topological polar surface area (TPSA) is 9.23 Å². The molecule has 0 aliphatic rings. The third kappa shape index (κ3) is 7.71. The lowest BCUT2D eigenvalue weighted by molar-refractivity contribution is 0.304. The standard InChI is InChI=1S/C18H28O/c1-3-5-6-7-8-9-10-11-15-19-18-14-12-13-17(4-2)16-18/h4,12-14,16H,2-3,5-11,15H2,1H3. The van der Waals surface area contributed by atoms with Crippen molar-refractivity contribution in [3.8, 4) is 5.75 Å². The van der Waals surface area contributed by atoms with Crippen LogP contribution in [0.25, 0.3) is 6.08 Å². The van der Waals surface area contributed by atoms with Crippen LogP contribution >= 0.6 is 0 Å². The highest BCUT2D eigenvalue weighted by atomic mass is 16.5. The number of rotatable bonds is 11. The van der Waals surface area contributed by atoms with E-state index in [-0.39, 0.29) is 0 Å². The lowest BCUT2D eigenvalue weighted by Gasteiger charge is -2.06. The molecule has 19 heavy (non-hydrogen) atoms. The summed E-state index contributed by atoms with van der Waals surface area (Å²) in [7, 11) is 0. The highest BCUT2D eigenvalue weighted by Gasteiger charge is 1.95. The average Bonchev–Trinajstić information content (AvgIpc) is 2.46. The van der Waals surface area contributed by atoms with E-state index in [2.05, 4.69) is 13.5 Å². The fraction of sp³-hybridized carbons (Fsp3) is 0.556. The van der Waals surface area contributed by atoms with Crippen LogP contribution in [0.4, 0.5) is 0 Å². The van der Waals surface area contributed by atoms with Gasteiger partial charge in [0.25, 0.3) is 0 Å². The summed E-state index contributed by atoms with van der Waals surface area (Å²) >= 11 is 0. The van der Waals surface area contributed by atoms with E-state index in [1.165, 1.54) is 44.9 Å². The zero-order chi connectivity index (χ0) is 13.8. The van der Waals surface area contributed by atoms with E-state index in [9.17, 15) is 0 Å². The van der Waals surface area contributed by atoms with Crippen LogP contribution in [0.5, 0.6) is 5.75 Å². The van der Waals surface area contributed by atoms with E-state index in [1.807, 2.05) is 30.3 Å². The Morgan fingerprint density at radius 1 is 1.00 bits per heavy atom. The lowest BCUT2D eigenvalue weighted by Crippen LogP contribution is -1.97. The summed E-state index contributed by atoms with van der Waals surface area (Å²) < 4.78 is 5.75. The van der Waals surface area contributed by atoms with Crippen molar-refractivity contribution in [1.29, 1.82) is 0 Å². The van der Waals surface area contributed by atoms with Gasteiger partial charge in [0, 0.05) is 0 Å². The van der Waals surface area contributed by atoms with Crippen LogP contribution in [-0.4, -0.2) is 6.61 Å². The van der Waals surface area contributed by atoms with Gasteiger partial charge in [-0.2, -0.15) is 0 Å². The third-order valence-electron chi connectivity index (χ3n) is 3.36. The van der Waals surface area contributed by atoms with Gasteiger partial charge < -0.3 is 4.74 Å². The van der Waals surface area contributed by atoms with Gasteiger partial charge in [0.05, 0.1) is 6.61 Å². The largest absolute Gasteiger partial charge is 0.494 e. The molecule has 0 aromatic heterocycles. The predicted octanol–water partition coefficient (Wildman–Crippen LogP) is 5.85. The second-order valence-corrected chi connectivity index (χ2v) is 5.10. The summed E-state index contributed by atoms with van der Waals surface area (Å²) in [6.45, 7) is 6.86. The first kappa shape index (κ1) is 15.8. The molecule has 0 saturated carbocycles. The zero-order valence-corrected chi connectivity index (χ0v) is 12.4. The summed E-state index contributed by atoms with van der Waals surface area (Å²) in [6, 6.07) is 8.10. The fourth-order valence-corrected chi connectivity index (χ4v) is 2.16. The van der Waals surface area contributed by atoms with E-state index in [0.29, 0.717) is 0 Å². The van der Waals surface area contributed by atoms with Gasteiger partial charge in [0.2, 0.25) is 0 Å². The quantitative estimate of drug-likeness (QED) is 0.453. The molecule has 0 amide bonds. The smallest absolute Gasteiger partial charge is 0.119 e. The summed E-state index contributed by atoms with van der Waals surface area (Å²) in [6.07, 6.45) is 12.5. The molecular formula is C18H28O. The van der Waals surface area contributed by atoms with Crippen molar-refractivity contribution < 1.29 is 4.74 Å². The van der Waals surface area contributed by atoms with Crippen LogP contribution in [-0.2, 0) is 0 Å². The molecule has 0 fully saturated rings. The van der Waals surface area contributed by atoms with Crippen molar-refractivity contribution >= 4 is 6.08 Å². The minimum absolute atomic E-state index is 0.829. The van der Waals surface area contributed by atoms with Crippen molar-refractivity contribution in [1.82, 2.24) is 0 Å². The van der Waals surface area contributed by atoms with Gasteiger partial charge in [-0.1, -0.05) is 76.7 Å². The maximum absolute atomic E-state index is 5.75. The molecule has 1 aromatic rings. The molecule has 0 saturated heterocycles. The van der Waals surface area contributed by atoms with Crippen molar-refractivity contribution in [3.05, 3.63) is 36.4 Å². The molecular weight excluding hydrogens is 232 g/mol. The van der Waals surface area contributed by atoms with Crippen LogP contribution < -0.4 is 4.74 Å². The maximum Gasteiger partial charge on any atom is 0.119 e. The van der Waals surface area contributed by atoms with Crippen molar-refractivity contribution in [3.63, 3.8) is 0 Å². The maximum atomic E-state index is 5.75. The van der Waals surface area contributed by atoms with Gasteiger partial charge >= 0.3 is 0 Å². The molecule has 0 bridgehead atoms. The van der Waals surface area contributed by atoms with Gasteiger partial charge in [-0.15, -0.1) is 0 Å². The molecule has 0 heterocycles. The molecule has 0 aliphatic carbocycles. The zero-order valence-electron chi connectivity index (χ0n) is 12.4. The molecule has 0 aliphatic heterocycles. The van der Waals surface area contributed by atoms with Gasteiger partial charge in [-0.05, 0) is 24.1 Å². The Morgan fingerprint density at radius 3 is 2.37 bits per heavy atom. The average molecular weight is 260 g/mol. The minimum Gasteiger partial charge on any atom is -0.494 e.